The molecular formula is C24H27NO6. The number of hydrogen-bond donors (Lipinski definition) is 2. The van der Waals surface area contributed by atoms with E-state index in [9.17, 15) is 14.7 Å². The molecule has 0 saturated carbocycles. The van der Waals surface area contributed by atoms with E-state index in [0.29, 0.717) is 29.2 Å². The van der Waals surface area contributed by atoms with Crippen LogP contribution < -0.4 is 10.1 Å². The van der Waals surface area contributed by atoms with Gasteiger partial charge in [-0.3, -0.25) is 4.79 Å². The highest BCUT2D eigenvalue weighted by Gasteiger charge is 2.23. The standard InChI is InChI=1S/C24H27NO6/c1-16(2)10-11-30-19-8-9-21-18(12-19)13-22(31-21)23(26)25-20(24(27)28)15-29-14-17-6-4-3-5-7-17/h3-9,12-13,16,20H,10-11,14-15H2,1-2H3,(H,25,26)(H,27,28). The molecule has 7 heteroatoms. The lowest BCUT2D eigenvalue weighted by molar-refractivity contribution is -0.141. The van der Waals surface area contributed by atoms with E-state index in [1.807, 2.05) is 30.3 Å². The summed E-state index contributed by atoms with van der Waals surface area (Å²) < 4.78 is 16.8. The van der Waals surface area contributed by atoms with Crippen molar-refractivity contribution in [2.24, 2.45) is 5.92 Å². The van der Waals surface area contributed by atoms with Crippen LogP contribution in [0.5, 0.6) is 5.75 Å². The molecule has 1 atom stereocenters. The molecule has 7 nitrogen and oxygen atoms in total. The van der Waals surface area contributed by atoms with E-state index >= 15 is 0 Å². The zero-order valence-corrected chi connectivity index (χ0v) is 17.7. The molecule has 164 valence electrons. The molecule has 2 N–H and O–H groups in total. The summed E-state index contributed by atoms with van der Waals surface area (Å²) in [5.41, 5.74) is 1.44. The molecule has 31 heavy (non-hydrogen) atoms. The summed E-state index contributed by atoms with van der Waals surface area (Å²) in [5, 5.41) is 12.6. The Labute approximate surface area is 181 Å². The van der Waals surface area contributed by atoms with Gasteiger partial charge in [-0.2, -0.15) is 0 Å². The maximum Gasteiger partial charge on any atom is 0.328 e. The minimum Gasteiger partial charge on any atom is -0.494 e. The quantitative estimate of drug-likeness (QED) is 0.476. The van der Waals surface area contributed by atoms with E-state index in [1.165, 1.54) is 0 Å². The fraction of sp³-hybridized carbons (Fsp3) is 0.333. The first-order valence-electron chi connectivity index (χ1n) is 10.2. The molecule has 1 amide bonds. The summed E-state index contributed by atoms with van der Waals surface area (Å²) in [6, 6.07) is 15.1. The third kappa shape index (κ3) is 6.58. The van der Waals surface area contributed by atoms with Gasteiger partial charge in [-0.15, -0.1) is 0 Å². The van der Waals surface area contributed by atoms with Crippen molar-refractivity contribution >= 4 is 22.8 Å². The van der Waals surface area contributed by atoms with E-state index in [1.54, 1.807) is 24.3 Å². The largest absolute Gasteiger partial charge is 0.494 e. The van der Waals surface area contributed by atoms with Crippen LogP contribution in [0.2, 0.25) is 0 Å². The highest BCUT2D eigenvalue weighted by molar-refractivity contribution is 5.98. The molecule has 0 saturated heterocycles. The van der Waals surface area contributed by atoms with Crippen molar-refractivity contribution in [1.82, 2.24) is 5.32 Å². The molecule has 1 unspecified atom stereocenters. The van der Waals surface area contributed by atoms with E-state index in [0.717, 1.165) is 12.0 Å². The molecule has 0 aliphatic carbocycles. The second kappa shape index (κ2) is 10.6. The molecule has 0 bridgehead atoms. The molecule has 0 radical (unpaired) electrons. The Kier molecular flexibility index (Phi) is 7.67. The summed E-state index contributed by atoms with van der Waals surface area (Å²) in [6.07, 6.45) is 0.944. The van der Waals surface area contributed by atoms with E-state index in [4.69, 9.17) is 13.9 Å². The molecule has 1 heterocycles. The predicted molar refractivity (Wildman–Crippen MR) is 116 cm³/mol. The van der Waals surface area contributed by atoms with Crippen LogP contribution in [0.4, 0.5) is 0 Å². The molecule has 3 rings (SSSR count). The number of fused-ring (bicyclic) bond motifs is 1. The van der Waals surface area contributed by atoms with Crippen LogP contribution in [0.3, 0.4) is 0 Å². The Morgan fingerprint density at radius 2 is 1.87 bits per heavy atom. The average molecular weight is 425 g/mol. The number of benzene rings is 2. The van der Waals surface area contributed by atoms with Gasteiger partial charge in [0.1, 0.15) is 11.3 Å². The maximum atomic E-state index is 12.5. The van der Waals surface area contributed by atoms with Gasteiger partial charge in [0, 0.05) is 5.39 Å². The Morgan fingerprint density at radius 3 is 2.58 bits per heavy atom. The number of hydrogen-bond acceptors (Lipinski definition) is 5. The summed E-state index contributed by atoms with van der Waals surface area (Å²) in [5.74, 6) is -0.526. The number of furan rings is 1. The van der Waals surface area contributed by atoms with Crippen molar-refractivity contribution in [3.05, 3.63) is 65.9 Å². The SMILES string of the molecule is CC(C)CCOc1ccc2oc(C(=O)NC(COCc3ccccc3)C(=O)O)cc2c1. The number of ether oxygens (including phenoxy) is 2. The van der Waals surface area contributed by atoms with Crippen LogP contribution in [0.25, 0.3) is 11.0 Å². The van der Waals surface area contributed by atoms with Crippen molar-refractivity contribution in [3.63, 3.8) is 0 Å². The van der Waals surface area contributed by atoms with Gasteiger partial charge in [0.05, 0.1) is 19.8 Å². The third-order valence-electron chi connectivity index (χ3n) is 4.67. The first kappa shape index (κ1) is 22.4. The third-order valence-corrected chi connectivity index (χ3v) is 4.67. The van der Waals surface area contributed by atoms with E-state index in [2.05, 4.69) is 19.2 Å². The van der Waals surface area contributed by atoms with Gasteiger partial charge in [-0.1, -0.05) is 44.2 Å². The van der Waals surface area contributed by atoms with Crippen molar-refractivity contribution in [3.8, 4) is 5.75 Å². The monoisotopic (exact) mass is 425 g/mol. The van der Waals surface area contributed by atoms with Gasteiger partial charge in [-0.25, -0.2) is 4.79 Å². The normalized spacial score (nSPS) is 12.1. The van der Waals surface area contributed by atoms with Crippen molar-refractivity contribution in [2.45, 2.75) is 32.9 Å². The summed E-state index contributed by atoms with van der Waals surface area (Å²) >= 11 is 0. The molecule has 2 aromatic carbocycles. The van der Waals surface area contributed by atoms with Crippen molar-refractivity contribution in [2.75, 3.05) is 13.2 Å². The van der Waals surface area contributed by atoms with Crippen LogP contribution in [0, 0.1) is 5.92 Å². The van der Waals surface area contributed by atoms with Gasteiger partial charge in [0.15, 0.2) is 11.8 Å². The second-order valence-corrected chi connectivity index (χ2v) is 7.71. The van der Waals surface area contributed by atoms with Crippen LogP contribution in [-0.4, -0.2) is 36.2 Å². The number of amides is 1. The van der Waals surface area contributed by atoms with Crippen molar-refractivity contribution in [1.29, 1.82) is 0 Å². The summed E-state index contributed by atoms with van der Waals surface area (Å²) in [7, 11) is 0. The number of carbonyl (C=O) groups is 2. The lowest BCUT2D eigenvalue weighted by atomic mass is 10.1. The Balaban J connectivity index is 1.59. The fourth-order valence-corrected chi connectivity index (χ4v) is 2.91. The number of carboxylic acids is 1. The molecular weight excluding hydrogens is 398 g/mol. The minimum absolute atomic E-state index is 0.0311. The Bertz CT molecular complexity index is 1010. The van der Waals surface area contributed by atoms with Gasteiger partial charge < -0.3 is 24.3 Å². The smallest absolute Gasteiger partial charge is 0.328 e. The van der Waals surface area contributed by atoms with Crippen LogP contribution in [-0.2, 0) is 16.1 Å². The topological polar surface area (TPSA) is 98.0 Å². The minimum atomic E-state index is -1.20. The highest BCUT2D eigenvalue weighted by Crippen LogP contribution is 2.24. The maximum absolute atomic E-state index is 12.5. The first-order chi connectivity index (χ1) is 14.9. The van der Waals surface area contributed by atoms with Gasteiger partial charge >= 0.3 is 5.97 Å². The number of carboxylic acid groups (broad SMARTS) is 1. The van der Waals surface area contributed by atoms with E-state index in [-0.39, 0.29) is 19.0 Å². The Morgan fingerprint density at radius 1 is 1.10 bits per heavy atom. The lowest BCUT2D eigenvalue weighted by Crippen LogP contribution is -2.43. The molecule has 1 aromatic heterocycles. The predicted octanol–water partition coefficient (Wildman–Crippen LogP) is 4.26. The highest BCUT2D eigenvalue weighted by atomic mass is 16.5. The first-order valence-corrected chi connectivity index (χ1v) is 10.2. The lowest BCUT2D eigenvalue weighted by Gasteiger charge is -2.14. The Hall–Kier alpha value is -3.32. The molecule has 0 aliphatic heterocycles. The van der Waals surface area contributed by atoms with Crippen LogP contribution >= 0.6 is 0 Å². The van der Waals surface area contributed by atoms with Crippen LogP contribution in [0.15, 0.2) is 59.0 Å². The summed E-state index contributed by atoms with van der Waals surface area (Å²) in [6.45, 7) is 4.96. The fourth-order valence-electron chi connectivity index (χ4n) is 2.91. The second-order valence-electron chi connectivity index (χ2n) is 7.71. The average Bonchev–Trinajstić information content (AvgIpc) is 3.17. The molecule has 0 aliphatic rings. The zero-order valence-electron chi connectivity index (χ0n) is 17.7. The molecule has 0 spiro atoms. The van der Waals surface area contributed by atoms with Crippen LogP contribution in [0.1, 0.15) is 36.4 Å². The number of rotatable bonds is 11. The summed E-state index contributed by atoms with van der Waals surface area (Å²) in [4.78, 5) is 24.1. The number of carbonyl (C=O) groups excluding carboxylic acids is 1. The van der Waals surface area contributed by atoms with Gasteiger partial charge in [0.25, 0.3) is 5.91 Å². The number of aliphatic carboxylic acids is 1. The van der Waals surface area contributed by atoms with Crippen molar-refractivity contribution < 1.29 is 28.6 Å². The van der Waals surface area contributed by atoms with Gasteiger partial charge in [0.2, 0.25) is 0 Å². The number of nitrogens with one attached hydrogen (secondary N) is 1. The van der Waals surface area contributed by atoms with E-state index < -0.39 is 17.9 Å². The zero-order chi connectivity index (χ0) is 22.2. The van der Waals surface area contributed by atoms with Gasteiger partial charge in [-0.05, 0) is 42.2 Å². The molecule has 0 fully saturated rings. The molecule has 3 aromatic rings.